The Morgan fingerprint density at radius 3 is 2.71 bits per heavy atom. The summed E-state index contributed by atoms with van der Waals surface area (Å²) in [6, 6.07) is 2.40. The molecule has 2 N–H and O–H groups in total. The Kier molecular flexibility index (Phi) is 7.95. The molecule has 4 heterocycles. The first-order chi connectivity index (χ1) is 19.5. The number of nitrogens with zero attached hydrogens (tertiary/aromatic N) is 7. The van der Waals surface area contributed by atoms with E-state index in [1.54, 1.807) is 11.6 Å². The van der Waals surface area contributed by atoms with Crippen molar-refractivity contribution in [3.63, 3.8) is 0 Å². The van der Waals surface area contributed by atoms with Crippen LogP contribution >= 0.6 is 0 Å². The highest BCUT2D eigenvalue weighted by atomic mass is 19.1. The van der Waals surface area contributed by atoms with Crippen LogP contribution in [0, 0.1) is 17.6 Å². The molecule has 0 unspecified atom stereocenters. The number of aliphatic hydroxyl groups is 1. The lowest BCUT2D eigenvalue weighted by Crippen LogP contribution is -2.64. The highest BCUT2D eigenvalue weighted by molar-refractivity contribution is 5.93. The minimum absolute atomic E-state index is 0.0176. The van der Waals surface area contributed by atoms with Crippen molar-refractivity contribution < 1.29 is 28.2 Å². The van der Waals surface area contributed by atoms with Gasteiger partial charge >= 0.3 is 0 Å². The van der Waals surface area contributed by atoms with Crippen LogP contribution in [0.1, 0.15) is 38.8 Å². The van der Waals surface area contributed by atoms with Gasteiger partial charge in [-0.2, -0.15) is 5.10 Å². The highest BCUT2D eigenvalue weighted by Crippen LogP contribution is 2.29. The van der Waals surface area contributed by atoms with Gasteiger partial charge in [-0.15, -0.1) is 0 Å². The number of carbonyl (C=O) groups is 2. The van der Waals surface area contributed by atoms with E-state index in [4.69, 9.17) is 4.74 Å². The standard InChI is InChI=1S/C27H32F2N8O4/c1-16(25(39)33-21-11-31-24(12-30-21)41-20-6-5-18(28)10-19(20)29)35-8-9-36(27(2,3)15-35)26(40)17-4-7-23-32-22(14-38)34-37(23)13-17/h5-6,10-12,16-17,38H,4,7-9,13-15H2,1-3H3,(H,30,33,39)/t16-,17+/m0/s1. The van der Waals surface area contributed by atoms with Gasteiger partial charge in [0.15, 0.2) is 23.2 Å². The zero-order chi connectivity index (χ0) is 29.3. The molecule has 3 aromatic rings. The number of nitrogens with one attached hydrogen (secondary N) is 1. The number of aliphatic hydroxyl groups excluding tert-OH is 1. The molecule has 1 saturated heterocycles. The Labute approximate surface area is 235 Å². The zero-order valence-corrected chi connectivity index (χ0v) is 23.0. The molecule has 2 atom stereocenters. The Bertz CT molecular complexity index is 1430. The van der Waals surface area contributed by atoms with Crippen molar-refractivity contribution >= 4 is 17.6 Å². The summed E-state index contributed by atoms with van der Waals surface area (Å²) in [5, 5.41) is 16.3. The third-order valence-corrected chi connectivity index (χ3v) is 7.51. The summed E-state index contributed by atoms with van der Waals surface area (Å²) in [7, 11) is 0. The van der Waals surface area contributed by atoms with Crippen LogP contribution in [0.5, 0.6) is 11.6 Å². The average molecular weight is 571 g/mol. The third kappa shape index (κ3) is 6.17. The van der Waals surface area contributed by atoms with Crippen molar-refractivity contribution in [1.29, 1.82) is 0 Å². The van der Waals surface area contributed by atoms with Gasteiger partial charge in [0.1, 0.15) is 18.2 Å². The summed E-state index contributed by atoms with van der Waals surface area (Å²) in [6.45, 7) is 7.44. The minimum Gasteiger partial charge on any atom is -0.434 e. The second kappa shape index (κ2) is 11.4. The fourth-order valence-corrected chi connectivity index (χ4v) is 5.28. The summed E-state index contributed by atoms with van der Waals surface area (Å²) in [5.74, 6) is -0.940. The average Bonchev–Trinajstić information content (AvgIpc) is 3.37. The molecule has 2 aliphatic rings. The Morgan fingerprint density at radius 2 is 2.02 bits per heavy atom. The summed E-state index contributed by atoms with van der Waals surface area (Å²) in [5.41, 5.74) is -0.517. The lowest BCUT2D eigenvalue weighted by Gasteiger charge is -2.49. The van der Waals surface area contributed by atoms with E-state index in [0.29, 0.717) is 50.9 Å². The number of carbonyl (C=O) groups excluding carboxylic acids is 2. The Morgan fingerprint density at radius 1 is 1.22 bits per heavy atom. The molecule has 2 aromatic heterocycles. The summed E-state index contributed by atoms with van der Waals surface area (Å²) in [4.78, 5) is 42.9. The molecular formula is C27H32F2N8O4. The number of amides is 2. The van der Waals surface area contributed by atoms with Crippen molar-refractivity contribution in [2.45, 2.75) is 58.3 Å². The lowest BCUT2D eigenvalue weighted by molar-refractivity contribution is -0.147. The normalized spacial score (nSPS) is 19.4. The number of ether oxygens (including phenoxy) is 1. The summed E-state index contributed by atoms with van der Waals surface area (Å²) in [6.07, 6.45) is 3.81. The van der Waals surface area contributed by atoms with Gasteiger partial charge in [-0.3, -0.25) is 14.5 Å². The van der Waals surface area contributed by atoms with Crippen LogP contribution in [0.25, 0.3) is 0 Å². The molecule has 0 saturated carbocycles. The van der Waals surface area contributed by atoms with E-state index in [1.165, 1.54) is 12.4 Å². The van der Waals surface area contributed by atoms with Gasteiger partial charge in [-0.25, -0.2) is 28.4 Å². The summed E-state index contributed by atoms with van der Waals surface area (Å²) < 4.78 is 33.9. The van der Waals surface area contributed by atoms with Gasteiger partial charge in [-0.1, -0.05) is 0 Å². The maximum atomic E-state index is 13.8. The second-order valence-electron chi connectivity index (χ2n) is 10.9. The smallest absolute Gasteiger partial charge is 0.242 e. The number of anilines is 1. The van der Waals surface area contributed by atoms with Crippen LogP contribution in [0.4, 0.5) is 14.6 Å². The first kappa shape index (κ1) is 28.5. The molecular weight excluding hydrogens is 538 g/mol. The van der Waals surface area contributed by atoms with E-state index < -0.39 is 23.2 Å². The topological polar surface area (TPSA) is 139 Å². The molecule has 5 rings (SSSR count). The lowest BCUT2D eigenvalue weighted by atomic mass is 9.92. The number of rotatable bonds is 7. The van der Waals surface area contributed by atoms with E-state index in [0.717, 1.165) is 18.0 Å². The van der Waals surface area contributed by atoms with Crippen LogP contribution in [0.2, 0.25) is 0 Å². The van der Waals surface area contributed by atoms with E-state index in [-0.39, 0.29) is 41.8 Å². The summed E-state index contributed by atoms with van der Waals surface area (Å²) >= 11 is 0. The van der Waals surface area contributed by atoms with Gasteiger partial charge in [0.2, 0.25) is 17.7 Å². The van der Waals surface area contributed by atoms with Crippen molar-refractivity contribution in [3.8, 4) is 11.6 Å². The van der Waals surface area contributed by atoms with E-state index in [1.807, 2.05) is 23.6 Å². The van der Waals surface area contributed by atoms with Gasteiger partial charge < -0.3 is 20.1 Å². The van der Waals surface area contributed by atoms with Crippen molar-refractivity contribution in [2.75, 3.05) is 25.0 Å². The SMILES string of the molecule is C[C@@H](C(=O)Nc1cnc(Oc2ccc(F)cc2F)cn1)N1CCN(C(=O)[C@@H]2CCc3nc(CO)nn3C2)C(C)(C)C1. The minimum atomic E-state index is -0.873. The molecule has 1 fully saturated rings. The molecule has 2 amide bonds. The first-order valence-electron chi connectivity index (χ1n) is 13.4. The predicted octanol–water partition coefficient (Wildman–Crippen LogP) is 2.14. The van der Waals surface area contributed by atoms with Crippen LogP contribution in [-0.4, -0.2) is 82.7 Å². The van der Waals surface area contributed by atoms with Crippen LogP contribution < -0.4 is 10.1 Å². The van der Waals surface area contributed by atoms with Crippen LogP contribution in [0.15, 0.2) is 30.6 Å². The fraction of sp³-hybridized carbons (Fsp3) is 0.481. The van der Waals surface area contributed by atoms with E-state index in [2.05, 4.69) is 25.4 Å². The van der Waals surface area contributed by atoms with Crippen LogP contribution in [0.3, 0.4) is 0 Å². The van der Waals surface area contributed by atoms with Crippen LogP contribution in [-0.2, 0) is 29.2 Å². The Balaban J connectivity index is 1.16. The number of aromatic nitrogens is 5. The van der Waals surface area contributed by atoms with E-state index >= 15 is 0 Å². The fourth-order valence-electron chi connectivity index (χ4n) is 5.28. The third-order valence-electron chi connectivity index (χ3n) is 7.51. The molecule has 0 spiro atoms. The van der Waals surface area contributed by atoms with Crippen molar-refractivity contribution in [3.05, 3.63) is 53.9 Å². The molecule has 0 radical (unpaired) electrons. The predicted molar refractivity (Wildman–Crippen MR) is 142 cm³/mol. The number of piperazine rings is 1. The second-order valence-corrected chi connectivity index (χ2v) is 10.9. The maximum absolute atomic E-state index is 13.8. The largest absolute Gasteiger partial charge is 0.434 e. The highest BCUT2D eigenvalue weighted by Gasteiger charge is 2.42. The molecule has 14 heteroatoms. The van der Waals surface area contributed by atoms with Crippen molar-refractivity contribution in [1.82, 2.24) is 34.5 Å². The van der Waals surface area contributed by atoms with Gasteiger partial charge in [0.25, 0.3) is 0 Å². The number of fused-ring (bicyclic) bond motifs is 1. The van der Waals surface area contributed by atoms with Gasteiger partial charge in [0.05, 0.1) is 36.4 Å². The van der Waals surface area contributed by atoms with Crippen molar-refractivity contribution in [2.24, 2.45) is 5.92 Å². The number of halogens is 2. The number of hydrogen-bond acceptors (Lipinski definition) is 9. The number of hydrogen-bond donors (Lipinski definition) is 2. The zero-order valence-electron chi connectivity index (χ0n) is 23.0. The molecule has 218 valence electrons. The van der Waals surface area contributed by atoms with Gasteiger partial charge in [-0.05, 0) is 39.3 Å². The van der Waals surface area contributed by atoms with Gasteiger partial charge in [0, 0.05) is 32.1 Å². The quantitative estimate of drug-likeness (QED) is 0.438. The molecule has 1 aromatic carbocycles. The van der Waals surface area contributed by atoms with E-state index in [9.17, 15) is 23.5 Å². The molecule has 12 nitrogen and oxygen atoms in total. The Hall–Kier alpha value is -4.04. The number of aryl methyl sites for hydroxylation is 1. The maximum Gasteiger partial charge on any atom is 0.242 e. The molecule has 2 aliphatic heterocycles. The first-order valence-corrected chi connectivity index (χ1v) is 13.4. The number of benzene rings is 1. The monoisotopic (exact) mass is 570 g/mol. The molecule has 0 bridgehead atoms. The molecule has 0 aliphatic carbocycles. The molecule has 41 heavy (non-hydrogen) atoms.